The maximum absolute atomic E-state index is 12.6. The Morgan fingerprint density at radius 2 is 1.87 bits per heavy atom. The predicted molar refractivity (Wildman–Crippen MR) is 95.5 cm³/mol. The highest BCUT2D eigenvalue weighted by atomic mass is 79.9. The molecule has 2 aromatic rings. The molecule has 120 valence electrons. The van der Waals surface area contributed by atoms with Gasteiger partial charge in [0.05, 0.1) is 6.42 Å². The Balaban J connectivity index is 1.61. The van der Waals surface area contributed by atoms with Crippen LogP contribution in [0.3, 0.4) is 0 Å². The number of carbonyl (C=O) groups excluding carboxylic acids is 1. The summed E-state index contributed by atoms with van der Waals surface area (Å²) in [6, 6.07) is 13.9. The molecule has 1 aromatic carbocycles. The van der Waals surface area contributed by atoms with Gasteiger partial charge in [0.25, 0.3) is 0 Å². The highest BCUT2D eigenvalue weighted by Gasteiger charge is 2.20. The zero-order valence-electron chi connectivity index (χ0n) is 13.0. The molecular weight excluding hydrogens is 354 g/mol. The topological polar surface area (TPSA) is 36.4 Å². The fraction of sp³-hybridized carbons (Fsp3) is 0.333. The van der Waals surface area contributed by atoms with Crippen molar-refractivity contribution in [2.45, 2.75) is 12.8 Å². The van der Waals surface area contributed by atoms with Crippen molar-refractivity contribution in [3.05, 3.63) is 58.7 Å². The van der Waals surface area contributed by atoms with Gasteiger partial charge < -0.3 is 9.80 Å². The molecule has 1 aliphatic heterocycles. The Morgan fingerprint density at radius 1 is 1.04 bits per heavy atom. The normalized spacial score (nSPS) is 15.3. The molecule has 0 spiro atoms. The van der Waals surface area contributed by atoms with Crippen LogP contribution in [0, 0.1) is 0 Å². The van der Waals surface area contributed by atoms with Crippen molar-refractivity contribution in [3.8, 4) is 0 Å². The number of hydrogen-bond acceptors (Lipinski definition) is 3. The molecule has 0 saturated carbocycles. The maximum atomic E-state index is 12.6. The molecule has 0 radical (unpaired) electrons. The molecule has 2 heterocycles. The summed E-state index contributed by atoms with van der Waals surface area (Å²) in [6.07, 6.45) is 3.24. The molecule has 4 nitrogen and oxygen atoms in total. The Morgan fingerprint density at radius 3 is 2.65 bits per heavy atom. The number of halogens is 1. The smallest absolute Gasteiger partial charge is 0.227 e. The van der Waals surface area contributed by atoms with Crippen LogP contribution in [0.25, 0.3) is 0 Å². The first-order valence-corrected chi connectivity index (χ1v) is 8.70. The van der Waals surface area contributed by atoms with Gasteiger partial charge in [-0.15, -0.1) is 0 Å². The summed E-state index contributed by atoms with van der Waals surface area (Å²) in [7, 11) is 0. The zero-order valence-corrected chi connectivity index (χ0v) is 14.6. The van der Waals surface area contributed by atoms with Gasteiger partial charge in [-0.1, -0.05) is 40.2 Å². The van der Waals surface area contributed by atoms with E-state index in [9.17, 15) is 4.79 Å². The lowest BCUT2D eigenvalue weighted by Gasteiger charge is -2.23. The minimum atomic E-state index is 0.194. The van der Waals surface area contributed by atoms with Gasteiger partial charge in [-0.05, 0) is 30.2 Å². The summed E-state index contributed by atoms with van der Waals surface area (Å²) in [5, 5.41) is 0. The number of anilines is 1. The summed E-state index contributed by atoms with van der Waals surface area (Å²) in [4.78, 5) is 21.2. The third-order valence-electron chi connectivity index (χ3n) is 4.12. The van der Waals surface area contributed by atoms with Crippen LogP contribution in [0.5, 0.6) is 0 Å². The fourth-order valence-electron chi connectivity index (χ4n) is 2.85. The van der Waals surface area contributed by atoms with Gasteiger partial charge in [0, 0.05) is 36.8 Å². The molecule has 0 bridgehead atoms. The van der Waals surface area contributed by atoms with Gasteiger partial charge in [0.1, 0.15) is 5.82 Å². The van der Waals surface area contributed by atoms with E-state index in [0.717, 1.165) is 48.5 Å². The molecule has 1 saturated heterocycles. The third kappa shape index (κ3) is 4.10. The first kappa shape index (κ1) is 16.0. The molecule has 0 atom stereocenters. The molecule has 1 aliphatic rings. The second kappa shape index (κ2) is 7.59. The van der Waals surface area contributed by atoms with E-state index in [1.807, 2.05) is 53.6 Å². The number of carbonyl (C=O) groups is 1. The van der Waals surface area contributed by atoms with E-state index in [4.69, 9.17) is 0 Å². The van der Waals surface area contributed by atoms with E-state index in [1.54, 1.807) is 0 Å². The molecular formula is C18H20BrN3O. The van der Waals surface area contributed by atoms with Crippen molar-refractivity contribution in [2.24, 2.45) is 0 Å². The van der Waals surface area contributed by atoms with Crippen LogP contribution in [0.4, 0.5) is 5.82 Å². The van der Waals surface area contributed by atoms with E-state index >= 15 is 0 Å². The van der Waals surface area contributed by atoms with E-state index in [1.165, 1.54) is 0 Å². The van der Waals surface area contributed by atoms with Crippen LogP contribution in [-0.4, -0.2) is 42.0 Å². The summed E-state index contributed by atoms with van der Waals surface area (Å²) in [5.74, 6) is 1.19. The van der Waals surface area contributed by atoms with E-state index in [0.29, 0.717) is 6.42 Å². The first-order valence-electron chi connectivity index (χ1n) is 7.91. The van der Waals surface area contributed by atoms with Crippen molar-refractivity contribution in [1.82, 2.24) is 9.88 Å². The third-order valence-corrected chi connectivity index (χ3v) is 4.90. The van der Waals surface area contributed by atoms with Gasteiger partial charge in [-0.3, -0.25) is 4.79 Å². The minimum Gasteiger partial charge on any atom is -0.355 e. The summed E-state index contributed by atoms with van der Waals surface area (Å²) >= 11 is 3.52. The van der Waals surface area contributed by atoms with Crippen LogP contribution >= 0.6 is 15.9 Å². The van der Waals surface area contributed by atoms with Crippen LogP contribution in [0.2, 0.25) is 0 Å². The first-order chi connectivity index (χ1) is 11.2. The Kier molecular flexibility index (Phi) is 5.28. The lowest BCUT2D eigenvalue weighted by atomic mass is 10.1. The number of hydrogen-bond donors (Lipinski definition) is 0. The van der Waals surface area contributed by atoms with Gasteiger partial charge in [-0.2, -0.15) is 0 Å². The van der Waals surface area contributed by atoms with E-state index in [2.05, 4.69) is 25.8 Å². The standard InChI is InChI=1S/C18H20BrN3O/c19-16-7-2-1-6-15(16)14-18(23)22-11-5-10-21(12-13-22)17-8-3-4-9-20-17/h1-4,6-9H,5,10-14H2. The lowest BCUT2D eigenvalue weighted by Crippen LogP contribution is -2.36. The molecule has 0 aliphatic carbocycles. The van der Waals surface area contributed by atoms with Gasteiger partial charge in [0.15, 0.2) is 0 Å². The molecule has 0 N–H and O–H groups in total. The summed E-state index contributed by atoms with van der Waals surface area (Å²) in [5.41, 5.74) is 1.04. The van der Waals surface area contributed by atoms with E-state index < -0.39 is 0 Å². The van der Waals surface area contributed by atoms with Crippen molar-refractivity contribution in [1.29, 1.82) is 0 Å². The molecule has 1 amide bonds. The van der Waals surface area contributed by atoms with Crippen molar-refractivity contribution >= 4 is 27.7 Å². The van der Waals surface area contributed by atoms with Crippen molar-refractivity contribution < 1.29 is 4.79 Å². The van der Waals surface area contributed by atoms with Crippen LogP contribution in [-0.2, 0) is 11.2 Å². The quantitative estimate of drug-likeness (QED) is 0.829. The van der Waals surface area contributed by atoms with E-state index in [-0.39, 0.29) is 5.91 Å². The fourth-order valence-corrected chi connectivity index (χ4v) is 3.28. The van der Waals surface area contributed by atoms with Crippen molar-refractivity contribution in [2.75, 3.05) is 31.1 Å². The predicted octanol–water partition coefficient (Wildman–Crippen LogP) is 3.13. The average molecular weight is 374 g/mol. The second-order valence-corrected chi connectivity index (χ2v) is 6.53. The highest BCUT2D eigenvalue weighted by Crippen LogP contribution is 2.18. The average Bonchev–Trinajstić information content (AvgIpc) is 2.84. The number of aromatic nitrogens is 1. The number of nitrogens with zero attached hydrogens (tertiary/aromatic N) is 3. The van der Waals surface area contributed by atoms with Gasteiger partial charge in [0.2, 0.25) is 5.91 Å². The second-order valence-electron chi connectivity index (χ2n) is 5.68. The molecule has 1 fully saturated rings. The number of amides is 1. The largest absolute Gasteiger partial charge is 0.355 e. The summed E-state index contributed by atoms with van der Waals surface area (Å²) in [6.45, 7) is 3.33. The lowest BCUT2D eigenvalue weighted by molar-refractivity contribution is -0.130. The van der Waals surface area contributed by atoms with Crippen LogP contribution in [0.15, 0.2) is 53.1 Å². The van der Waals surface area contributed by atoms with Gasteiger partial charge >= 0.3 is 0 Å². The number of benzene rings is 1. The highest BCUT2D eigenvalue weighted by molar-refractivity contribution is 9.10. The van der Waals surface area contributed by atoms with Crippen LogP contribution in [0.1, 0.15) is 12.0 Å². The number of rotatable bonds is 3. The SMILES string of the molecule is O=C(Cc1ccccc1Br)N1CCCN(c2ccccn2)CC1. The van der Waals surface area contributed by atoms with Crippen molar-refractivity contribution in [3.63, 3.8) is 0 Å². The van der Waals surface area contributed by atoms with Gasteiger partial charge in [-0.25, -0.2) is 4.98 Å². The Bertz CT molecular complexity index is 662. The molecule has 3 rings (SSSR count). The Labute approximate surface area is 145 Å². The monoisotopic (exact) mass is 373 g/mol. The minimum absolute atomic E-state index is 0.194. The molecule has 23 heavy (non-hydrogen) atoms. The zero-order chi connectivity index (χ0) is 16.1. The Hall–Kier alpha value is -1.88. The summed E-state index contributed by atoms with van der Waals surface area (Å²) < 4.78 is 0.998. The maximum Gasteiger partial charge on any atom is 0.227 e. The molecule has 0 unspecified atom stereocenters. The molecule has 1 aromatic heterocycles. The van der Waals surface area contributed by atoms with Crippen LogP contribution < -0.4 is 4.90 Å². The molecule has 5 heteroatoms. The number of pyridine rings is 1.